The molecule has 5 rings (SSSR count). The minimum absolute atomic E-state index is 0.0190. The number of furan rings is 1. The molecule has 0 bridgehead atoms. The summed E-state index contributed by atoms with van der Waals surface area (Å²) < 4.78 is 16.5. The van der Waals surface area contributed by atoms with Gasteiger partial charge in [-0.15, -0.1) is 11.3 Å². The van der Waals surface area contributed by atoms with E-state index >= 15 is 0 Å². The number of piperidine rings is 1. The van der Waals surface area contributed by atoms with Gasteiger partial charge < -0.3 is 24.1 Å². The first-order valence-corrected chi connectivity index (χ1v) is 11.6. The van der Waals surface area contributed by atoms with Crippen molar-refractivity contribution in [1.29, 1.82) is 0 Å². The third-order valence-electron chi connectivity index (χ3n) is 5.81. The number of thiophene rings is 1. The van der Waals surface area contributed by atoms with Gasteiger partial charge in [0.2, 0.25) is 5.91 Å². The fraction of sp³-hybridized carbons (Fsp3) is 0.333. The molecule has 2 aliphatic heterocycles. The van der Waals surface area contributed by atoms with Crippen molar-refractivity contribution in [1.82, 2.24) is 10.2 Å². The largest absolute Gasteiger partial charge is 0.486 e. The number of ether oxygens (including phenoxy) is 2. The van der Waals surface area contributed by atoms with Crippen molar-refractivity contribution in [2.75, 3.05) is 26.3 Å². The number of carbonyl (C=O) groups excluding carboxylic acids is 2. The molecule has 1 N–H and O–H groups in total. The third-order valence-corrected chi connectivity index (χ3v) is 6.94. The molecule has 2 aromatic heterocycles. The zero-order valence-electron chi connectivity index (χ0n) is 17.5. The Hall–Kier alpha value is -3.26. The number of benzene rings is 1. The van der Waals surface area contributed by atoms with Crippen molar-refractivity contribution in [2.24, 2.45) is 5.92 Å². The summed E-state index contributed by atoms with van der Waals surface area (Å²) >= 11 is 1.47. The SMILES string of the molecule is O=C(NCc1ccco1)C1CCN(C(=O)c2ccc(-c3ccc4c(c3)OCCO4)s2)CC1. The van der Waals surface area contributed by atoms with Gasteiger partial charge in [-0.25, -0.2) is 0 Å². The first-order chi connectivity index (χ1) is 15.7. The zero-order valence-corrected chi connectivity index (χ0v) is 18.4. The van der Waals surface area contributed by atoms with E-state index in [1.807, 2.05) is 41.3 Å². The number of carbonyl (C=O) groups is 2. The summed E-state index contributed by atoms with van der Waals surface area (Å²) in [7, 11) is 0. The highest BCUT2D eigenvalue weighted by atomic mass is 32.1. The average molecular weight is 453 g/mol. The molecule has 1 saturated heterocycles. The quantitative estimate of drug-likeness (QED) is 0.634. The van der Waals surface area contributed by atoms with Crippen LogP contribution in [0.1, 0.15) is 28.3 Å². The van der Waals surface area contributed by atoms with E-state index in [0.717, 1.165) is 27.7 Å². The van der Waals surface area contributed by atoms with Crippen LogP contribution in [0.2, 0.25) is 0 Å². The van der Waals surface area contributed by atoms with Crippen molar-refractivity contribution < 1.29 is 23.5 Å². The van der Waals surface area contributed by atoms with E-state index in [9.17, 15) is 9.59 Å². The Balaban J connectivity index is 1.17. The van der Waals surface area contributed by atoms with Crippen LogP contribution in [-0.2, 0) is 11.3 Å². The summed E-state index contributed by atoms with van der Waals surface area (Å²) in [6.07, 6.45) is 2.92. The Morgan fingerprint density at radius 2 is 1.84 bits per heavy atom. The van der Waals surface area contributed by atoms with Gasteiger partial charge in [-0.2, -0.15) is 0 Å². The van der Waals surface area contributed by atoms with E-state index in [1.54, 1.807) is 12.3 Å². The topological polar surface area (TPSA) is 81.0 Å². The molecule has 0 unspecified atom stereocenters. The number of nitrogens with one attached hydrogen (secondary N) is 1. The van der Waals surface area contributed by atoms with Crippen LogP contribution in [0, 0.1) is 5.92 Å². The van der Waals surface area contributed by atoms with Gasteiger partial charge in [0.1, 0.15) is 19.0 Å². The molecule has 1 fully saturated rings. The maximum absolute atomic E-state index is 13.0. The third kappa shape index (κ3) is 4.36. The molecule has 4 heterocycles. The van der Waals surface area contributed by atoms with E-state index in [4.69, 9.17) is 13.9 Å². The molecule has 2 aliphatic rings. The predicted molar refractivity (Wildman–Crippen MR) is 120 cm³/mol. The fourth-order valence-electron chi connectivity index (χ4n) is 4.04. The van der Waals surface area contributed by atoms with Crippen LogP contribution in [-0.4, -0.2) is 43.0 Å². The van der Waals surface area contributed by atoms with Gasteiger partial charge in [-0.1, -0.05) is 0 Å². The van der Waals surface area contributed by atoms with E-state index in [1.165, 1.54) is 11.3 Å². The van der Waals surface area contributed by atoms with Crippen LogP contribution in [0.3, 0.4) is 0 Å². The molecule has 0 radical (unpaired) electrons. The summed E-state index contributed by atoms with van der Waals surface area (Å²) in [4.78, 5) is 29.0. The maximum atomic E-state index is 13.0. The molecule has 2 amide bonds. The lowest BCUT2D eigenvalue weighted by molar-refractivity contribution is -0.126. The first kappa shape index (κ1) is 20.6. The highest BCUT2D eigenvalue weighted by molar-refractivity contribution is 7.17. The molecule has 0 atom stereocenters. The summed E-state index contributed by atoms with van der Waals surface area (Å²) in [6.45, 7) is 2.65. The van der Waals surface area contributed by atoms with E-state index in [-0.39, 0.29) is 17.7 Å². The van der Waals surface area contributed by atoms with Crippen molar-refractivity contribution in [3.8, 4) is 21.9 Å². The highest BCUT2D eigenvalue weighted by Crippen LogP contribution is 2.37. The van der Waals surface area contributed by atoms with Gasteiger partial charge in [-0.05, 0) is 60.9 Å². The lowest BCUT2D eigenvalue weighted by Gasteiger charge is -2.31. The monoisotopic (exact) mass is 452 g/mol. The smallest absolute Gasteiger partial charge is 0.263 e. The summed E-state index contributed by atoms with van der Waals surface area (Å²) in [5.41, 5.74) is 1.00. The second-order valence-electron chi connectivity index (χ2n) is 7.89. The molecule has 166 valence electrons. The number of rotatable bonds is 5. The van der Waals surface area contributed by atoms with Gasteiger partial charge in [0.05, 0.1) is 17.7 Å². The number of amides is 2. The molecular weight excluding hydrogens is 428 g/mol. The van der Waals surface area contributed by atoms with E-state index in [0.29, 0.717) is 50.6 Å². The Bertz CT molecular complexity index is 1100. The summed E-state index contributed by atoms with van der Waals surface area (Å²) in [5.74, 6) is 2.19. The first-order valence-electron chi connectivity index (χ1n) is 10.8. The predicted octanol–water partition coefficient (Wildman–Crippen LogP) is 3.95. The molecule has 32 heavy (non-hydrogen) atoms. The minimum atomic E-state index is -0.0781. The van der Waals surface area contributed by atoms with Crippen LogP contribution in [0.15, 0.2) is 53.1 Å². The Morgan fingerprint density at radius 3 is 2.62 bits per heavy atom. The second kappa shape index (κ2) is 9.08. The highest BCUT2D eigenvalue weighted by Gasteiger charge is 2.28. The maximum Gasteiger partial charge on any atom is 0.263 e. The minimum Gasteiger partial charge on any atom is -0.486 e. The molecule has 0 aliphatic carbocycles. The van der Waals surface area contributed by atoms with Crippen LogP contribution in [0.4, 0.5) is 0 Å². The van der Waals surface area contributed by atoms with Crippen molar-refractivity contribution >= 4 is 23.2 Å². The van der Waals surface area contributed by atoms with E-state index < -0.39 is 0 Å². The second-order valence-corrected chi connectivity index (χ2v) is 8.97. The van der Waals surface area contributed by atoms with Gasteiger partial charge >= 0.3 is 0 Å². The number of hydrogen-bond donors (Lipinski definition) is 1. The molecule has 7 nitrogen and oxygen atoms in total. The number of nitrogens with zero attached hydrogens (tertiary/aromatic N) is 1. The Labute approximate surface area is 189 Å². The zero-order chi connectivity index (χ0) is 21.9. The Morgan fingerprint density at radius 1 is 1.03 bits per heavy atom. The summed E-state index contributed by atoms with van der Waals surface area (Å²) in [6, 6.07) is 13.3. The van der Waals surface area contributed by atoms with Crippen LogP contribution in [0.5, 0.6) is 11.5 Å². The number of hydrogen-bond acceptors (Lipinski definition) is 6. The van der Waals surface area contributed by atoms with Crippen molar-refractivity contribution in [3.05, 3.63) is 59.4 Å². The molecule has 3 aromatic rings. The van der Waals surface area contributed by atoms with Crippen LogP contribution < -0.4 is 14.8 Å². The molecule has 0 saturated carbocycles. The molecular formula is C24H24N2O5S. The molecule has 1 aromatic carbocycles. The number of fused-ring (bicyclic) bond motifs is 1. The van der Waals surface area contributed by atoms with Crippen molar-refractivity contribution in [3.63, 3.8) is 0 Å². The van der Waals surface area contributed by atoms with Crippen LogP contribution in [0.25, 0.3) is 10.4 Å². The van der Waals surface area contributed by atoms with Crippen molar-refractivity contribution in [2.45, 2.75) is 19.4 Å². The lowest BCUT2D eigenvalue weighted by atomic mass is 9.95. The average Bonchev–Trinajstić information content (AvgIpc) is 3.54. The van der Waals surface area contributed by atoms with Crippen LogP contribution >= 0.6 is 11.3 Å². The standard InChI is InChI=1S/C24H24N2O5S/c27-23(25-15-18-2-1-11-29-18)16-7-9-26(10-8-16)24(28)22-6-5-21(32-22)17-3-4-19-20(14-17)31-13-12-30-19/h1-6,11,14,16H,7-10,12-13,15H2,(H,25,27). The van der Waals surface area contributed by atoms with E-state index in [2.05, 4.69) is 5.32 Å². The van der Waals surface area contributed by atoms with Gasteiger partial charge in [0.15, 0.2) is 11.5 Å². The Kier molecular flexibility index (Phi) is 5.85. The molecule has 0 spiro atoms. The lowest BCUT2D eigenvalue weighted by Crippen LogP contribution is -2.42. The van der Waals surface area contributed by atoms with Gasteiger partial charge in [-0.3, -0.25) is 9.59 Å². The normalized spacial score (nSPS) is 16.1. The van der Waals surface area contributed by atoms with Gasteiger partial charge in [0, 0.05) is 23.9 Å². The van der Waals surface area contributed by atoms with Gasteiger partial charge in [0.25, 0.3) is 5.91 Å². The molecule has 8 heteroatoms. The summed E-state index contributed by atoms with van der Waals surface area (Å²) in [5, 5.41) is 2.92. The fourth-order valence-corrected chi connectivity index (χ4v) is 5.01. The number of likely N-dealkylation sites (tertiary alicyclic amines) is 1.